The molecule has 0 saturated carbocycles. The number of hydrogen-bond acceptors (Lipinski definition) is 3. The van der Waals surface area contributed by atoms with E-state index in [1.807, 2.05) is 13.0 Å². The molecule has 100 valence electrons. The highest BCUT2D eigenvalue weighted by Gasteiger charge is 2.28. The fraction of sp³-hybridized carbons (Fsp3) is 0.429. The van der Waals surface area contributed by atoms with Crippen LogP contribution < -0.4 is 0 Å². The normalized spacial score (nSPS) is 22.9. The van der Waals surface area contributed by atoms with E-state index in [0.29, 0.717) is 30.1 Å². The van der Waals surface area contributed by atoms with E-state index in [-0.39, 0.29) is 18.1 Å². The van der Waals surface area contributed by atoms with Crippen LogP contribution in [0, 0.1) is 11.3 Å². The zero-order valence-electron chi connectivity index (χ0n) is 10.7. The van der Waals surface area contributed by atoms with Crippen LogP contribution in [0.2, 0.25) is 0 Å². The van der Waals surface area contributed by atoms with Crippen molar-refractivity contribution in [3.8, 4) is 6.07 Å². The van der Waals surface area contributed by atoms with Gasteiger partial charge in [0.15, 0.2) is 0 Å². The molecular formula is C14H15ClN2O2. The number of carbonyl (C=O) groups is 1. The van der Waals surface area contributed by atoms with Gasteiger partial charge in [-0.3, -0.25) is 4.79 Å². The fourth-order valence-electron chi connectivity index (χ4n) is 2.20. The molecular weight excluding hydrogens is 264 g/mol. The lowest BCUT2D eigenvalue weighted by atomic mass is 10.1. The minimum atomic E-state index is -0.131. The van der Waals surface area contributed by atoms with Crippen molar-refractivity contribution in [2.24, 2.45) is 0 Å². The van der Waals surface area contributed by atoms with Crippen LogP contribution in [0.5, 0.6) is 0 Å². The number of carbonyl (C=O) groups excluding carboxylic acids is 1. The van der Waals surface area contributed by atoms with Crippen molar-refractivity contribution in [3.05, 3.63) is 35.4 Å². The third-order valence-electron chi connectivity index (χ3n) is 3.02. The number of benzene rings is 1. The molecule has 1 aliphatic rings. The highest BCUT2D eigenvalue weighted by molar-refractivity contribution is 6.18. The van der Waals surface area contributed by atoms with Gasteiger partial charge in [0.2, 0.25) is 0 Å². The molecule has 2 atom stereocenters. The molecule has 0 N–H and O–H groups in total. The minimum Gasteiger partial charge on any atom is -0.370 e. The molecule has 0 aromatic heterocycles. The van der Waals surface area contributed by atoms with Gasteiger partial charge < -0.3 is 9.64 Å². The quantitative estimate of drug-likeness (QED) is 0.778. The van der Waals surface area contributed by atoms with Crippen LogP contribution in [0.4, 0.5) is 0 Å². The van der Waals surface area contributed by atoms with E-state index in [4.69, 9.17) is 21.6 Å². The Morgan fingerprint density at radius 1 is 1.58 bits per heavy atom. The highest BCUT2D eigenvalue weighted by atomic mass is 35.5. The Morgan fingerprint density at radius 2 is 2.37 bits per heavy atom. The maximum Gasteiger partial charge on any atom is 0.254 e. The van der Waals surface area contributed by atoms with E-state index in [2.05, 4.69) is 0 Å². The highest BCUT2D eigenvalue weighted by Crippen LogP contribution is 2.16. The van der Waals surface area contributed by atoms with Crippen LogP contribution in [0.3, 0.4) is 0 Å². The Bertz CT molecular complexity index is 512. The first-order valence-corrected chi connectivity index (χ1v) is 6.68. The molecule has 0 bridgehead atoms. The van der Waals surface area contributed by atoms with Gasteiger partial charge in [0.1, 0.15) is 0 Å². The number of amides is 1. The molecule has 19 heavy (non-hydrogen) atoms. The van der Waals surface area contributed by atoms with Crippen molar-refractivity contribution >= 4 is 17.5 Å². The molecule has 4 nitrogen and oxygen atoms in total. The van der Waals surface area contributed by atoms with Crippen LogP contribution in [0.25, 0.3) is 0 Å². The smallest absolute Gasteiger partial charge is 0.254 e. The van der Waals surface area contributed by atoms with Crippen molar-refractivity contribution in [3.63, 3.8) is 0 Å². The largest absolute Gasteiger partial charge is 0.370 e. The summed E-state index contributed by atoms with van der Waals surface area (Å²) in [5.41, 5.74) is 1.02. The van der Waals surface area contributed by atoms with Gasteiger partial charge in [-0.1, -0.05) is 6.07 Å². The van der Waals surface area contributed by atoms with Crippen LogP contribution in [-0.2, 0) is 4.74 Å². The van der Waals surface area contributed by atoms with Crippen molar-refractivity contribution in [2.75, 3.05) is 19.0 Å². The molecule has 5 heteroatoms. The van der Waals surface area contributed by atoms with E-state index in [1.54, 1.807) is 29.2 Å². The summed E-state index contributed by atoms with van der Waals surface area (Å²) in [4.78, 5) is 14.1. The van der Waals surface area contributed by atoms with Gasteiger partial charge in [-0.2, -0.15) is 5.26 Å². The first kappa shape index (κ1) is 13.9. The molecule has 1 aromatic carbocycles. The lowest BCUT2D eigenvalue weighted by Gasteiger charge is -2.36. The lowest BCUT2D eigenvalue weighted by Crippen LogP contribution is -2.49. The number of nitrogens with zero attached hydrogens (tertiary/aromatic N) is 2. The number of halogens is 1. The zero-order valence-corrected chi connectivity index (χ0v) is 11.4. The third-order valence-corrected chi connectivity index (χ3v) is 3.37. The summed E-state index contributed by atoms with van der Waals surface area (Å²) in [6.07, 6.45) is -0.158. The number of rotatable bonds is 2. The maximum absolute atomic E-state index is 12.4. The number of ether oxygens (including phenoxy) is 1. The summed E-state index contributed by atoms with van der Waals surface area (Å²) in [7, 11) is 0. The second-order valence-electron chi connectivity index (χ2n) is 4.63. The SMILES string of the molecule is CC1CN(C(=O)c2cccc(C#N)c2)CC(CCl)O1. The summed E-state index contributed by atoms with van der Waals surface area (Å²) in [6.45, 7) is 2.96. The minimum absolute atomic E-state index is 0.0272. The van der Waals surface area contributed by atoms with E-state index in [0.717, 1.165) is 0 Å². The summed E-state index contributed by atoms with van der Waals surface area (Å²) in [5, 5.41) is 8.86. The average molecular weight is 279 g/mol. The predicted octanol–water partition coefficient (Wildman–Crippen LogP) is 2.03. The second kappa shape index (κ2) is 6.05. The van der Waals surface area contributed by atoms with E-state index in [9.17, 15) is 4.79 Å². The van der Waals surface area contributed by atoms with Gasteiger partial charge >= 0.3 is 0 Å². The summed E-state index contributed by atoms with van der Waals surface area (Å²) in [6, 6.07) is 8.77. The van der Waals surface area contributed by atoms with Gasteiger partial charge in [0.05, 0.1) is 29.7 Å². The molecule has 0 radical (unpaired) electrons. The standard InChI is InChI=1S/C14H15ClN2O2/c1-10-8-17(9-13(6-15)19-10)14(18)12-4-2-3-11(5-12)7-16/h2-5,10,13H,6,8-9H2,1H3. The first-order valence-electron chi connectivity index (χ1n) is 6.15. The average Bonchev–Trinajstić information content (AvgIpc) is 2.45. The van der Waals surface area contributed by atoms with E-state index >= 15 is 0 Å². The van der Waals surface area contributed by atoms with Crippen molar-refractivity contribution < 1.29 is 9.53 Å². The Balaban J connectivity index is 2.16. The molecule has 1 aromatic rings. The summed E-state index contributed by atoms with van der Waals surface area (Å²) >= 11 is 5.80. The van der Waals surface area contributed by atoms with Gasteiger partial charge in [-0.25, -0.2) is 0 Å². The summed E-state index contributed by atoms with van der Waals surface area (Å²) < 4.78 is 5.62. The molecule has 2 rings (SSSR count). The number of hydrogen-bond donors (Lipinski definition) is 0. The second-order valence-corrected chi connectivity index (χ2v) is 4.93. The number of morpholine rings is 1. The van der Waals surface area contributed by atoms with Crippen LogP contribution >= 0.6 is 11.6 Å². The van der Waals surface area contributed by atoms with Crippen LogP contribution in [0.15, 0.2) is 24.3 Å². The monoisotopic (exact) mass is 278 g/mol. The molecule has 0 aliphatic carbocycles. The van der Waals surface area contributed by atoms with Crippen molar-refractivity contribution in [1.29, 1.82) is 5.26 Å². The molecule has 0 spiro atoms. The molecule has 1 aliphatic heterocycles. The van der Waals surface area contributed by atoms with Crippen LogP contribution in [0.1, 0.15) is 22.8 Å². The Hall–Kier alpha value is -1.57. The molecule has 1 saturated heterocycles. The van der Waals surface area contributed by atoms with Gasteiger partial charge in [0, 0.05) is 18.7 Å². The predicted molar refractivity (Wildman–Crippen MR) is 72.1 cm³/mol. The Labute approximate surface area is 117 Å². The maximum atomic E-state index is 12.4. The lowest BCUT2D eigenvalue weighted by molar-refractivity contribution is -0.0570. The third kappa shape index (κ3) is 3.25. The molecule has 2 unspecified atom stereocenters. The van der Waals surface area contributed by atoms with Gasteiger partial charge in [0.25, 0.3) is 5.91 Å². The van der Waals surface area contributed by atoms with Crippen molar-refractivity contribution in [2.45, 2.75) is 19.1 Å². The van der Waals surface area contributed by atoms with Crippen molar-refractivity contribution in [1.82, 2.24) is 4.90 Å². The number of nitriles is 1. The van der Waals surface area contributed by atoms with Gasteiger partial charge in [-0.15, -0.1) is 11.6 Å². The molecule has 1 fully saturated rings. The first-order chi connectivity index (χ1) is 9.13. The van der Waals surface area contributed by atoms with Gasteiger partial charge in [-0.05, 0) is 25.1 Å². The topological polar surface area (TPSA) is 53.3 Å². The summed E-state index contributed by atoms with van der Waals surface area (Å²) in [5.74, 6) is 0.286. The molecule has 1 amide bonds. The fourth-order valence-corrected chi connectivity index (χ4v) is 2.37. The Morgan fingerprint density at radius 3 is 3.05 bits per heavy atom. The van der Waals surface area contributed by atoms with E-state index < -0.39 is 0 Å². The zero-order chi connectivity index (χ0) is 13.8. The Kier molecular flexibility index (Phi) is 4.41. The molecule has 1 heterocycles. The van der Waals surface area contributed by atoms with E-state index in [1.165, 1.54) is 0 Å². The van der Waals surface area contributed by atoms with Crippen LogP contribution in [-0.4, -0.2) is 42.0 Å². The number of alkyl halides is 1.